The van der Waals surface area contributed by atoms with Crippen molar-refractivity contribution in [3.05, 3.63) is 0 Å². The molecule has 3 heteroatoms. The first-order valence-corrected chi connectivity index (χ1v) is 6.07. The van der Waals surface area contributed by atoms with Crippen molar-refractivity contribution in [2.24, 2.45) is 0 Å². The van der Waals surface area contributed by atoms with E-state index >= 15 is 0 Å². The Morgan fingerprint density at radius 1 is 1.12 bits per heavy atom. The molecular formula is C13H22O3. The molecule has 0 aromatic carbocycles. The Balaban J connectivity index is 3.05. The highest BCUT2D eigenvalue weighted by molar-refractivity contribution is 5.86. The predicted molar refractivity (Wildman–Crippen MR) is 64.2 cm³/mol. The van der Waals surface area contributed by atoms with E-state index < -0.39 is 5.97 Å². The largest absolute Gasteiger partial charge is 0.472 e. The quantitative estimate of drug-likeness (QED) is 0.486. The molecule has 0 aliphatic carbocycles. The zero-order valence-corrected chi connectivity index (χ0v) is 10.1. The summed E-state index contributed by atoms with van der Waals surface area (Å²) in [5.41, 5.74) is 0. The molecule has 0 aromatic rings. The fraction of sp³-hybridized carbons (Fsp3) is 0.769. The van der Waals surface area contributed by atoms with Crippen molar-refractivity contribution in [1.82, 2.24) is 0 Å². The van der Waals surface area contributed by atoms with Crippen molar-refractivity contribution >= 4 is 5.97 Å². The zero-order valence-electron chi connectivity index (χ0n) is 10.1. The van der Waals surface area contributed by atoms with Crippen LogP contribution in [0.3, 0.4) is 0 Å². The van der Waals surface area contributed by atoms with Gasteiger partial charge < -0.3 is 9.84 Å². The van der Waals surface area contributed by atoms with Crippen molar-refractivity contribution in [3.63, 3.8) is 0 Å². The van der Waals surface area contributed by atoms with Crippen LogP contribution in [-0.4, -0.2) is 24.3 Å². The fourth-order valence-corrected chi connectivity index (χ4v) is 1.29. The summed E-state index contributed by atoms with van der Waals surface area (Å²) in [7, 11) is 0. The second-order valence-corrected chi connectivity index (χ2v) is 3.74. The number of carboxylic acid groups (broad SMARTS) is 1. The lowest BCUT2D eigenvalue weighted by atomic mass is 10.2. The van der Waals surface area contributed by atoms with Crippen LogP contribution in [-0.2, 0) is 9.53 Å². The van der Waals surface area contributed by atoms with Gasteiger partial charge in [-0.25, -0.2) is 4.79 Å². The predicted octanol–water partition coefficient (Wildman–Crippen LogP) is 2.84. The van der Waals surface area contributed by atoms with Gasteiger partial charge in [0.15, 0.2) is 0 Å². The average Bonchev–Trinajstić information content (AvgIpc) is 2.25. The number of unbranched alkanes of at least 4 members (excludes halogenated alkanes) is 5. The molecule has 0 atom stereocenters. The first kappa shape index (κ1) is 15.0. The minimum Gasteiger partial charge on any atom is -0.472 e. The molecule has 0 aliphatic rings. The lowest BCUT2D eigenvalue weighted by molar-refractivity contribution is -0.130. The minimum absolute atomic E-state index is 0.644. The minimum atomic E-state index is -1.05. The van der Waals surface area contributed by atoms with Gasteiger partial charge in [0.05, 0.1) is 0 Å². The maximum atomic E-state index is 10.1. The van der Waals surface area contributed by atoms with E-state index in [2.05, 4.69) is 18.8 Å². The second-order valence-electron chi connectivity index (χ2n) is 3.74. The van der Waals surface area contributed by atoms with Crippen LogP contribution in [0.2, 0.25) is 0 Å². The lowest BCUT2D eigenvalue weighted by Crippen LogP contribution is -1.97. The van der Waals surface area contributed by atoms with Gasteiger partial charge >= 0.3 is 5.97 Å². The van der Waals surface area contributed by atoms with Crippen molar-refractivity contribution in [2.45, 2.75) is 51.9 Å². The van der Waals surface area contributed by atoms with Gasteiger partial charge in [-0.3, -0.25) is 0 Å². The van der Waals surface area contributed by atoms with Crippen LogP contribution in [0.4, 0.5) is 0 Å². The Bertz CT molecular complexity index is 225. The van der Waals surface area contributed by atoms with Crippen LogP contribution < -0.4 is 0 Å². The number of carbonyl (C=O) groups is 1. The Morgan fingerprint density at radius 3 is 2.44 bits per heavy atom. The Kier molecular flexibility index (Phi) is 11.3. The number of aliphatic carboxylic acids is 1. The molecule has 3 nitrogen and oxygen atoms in total. The molecule has 0 saturated carbocycles. The molecule has 0 heterocycles. The van der Waals surface area contributed by atoms with Gasteiger partial charge in [-0.15, -0.1) is 0 Å². The summed E-state index contributed by atoms with van der Waals surface area (Å²) in [6.45, 7) is 3.81. The van der Waals surface area contributed by atoms with Gasteiger partial charge in [-0.05, 0) is 19.3 Å². The third-order valence-electron chi connectivity index (χ3n) is 2.18. The number of rotatable bonds is 9. The van der Waals surface area contributed by atoms with Gasteiger partial charge in [0.1, 0.15) is 0 Å². The summed E-state index contributed by atoms with van der Waals surface area (Å²) in [4.78, 5) is 10.1. The van der Waals surface area contributed by atoms with E-state index in [0.717, 1.165) is 32.5 Å². The summed E-state index contributed by atoms with van der Waals surface area (Å²) in [5.74, 6) is 3.65. The summed E-state index contributed by atoms with van der Waals surface area (Å²) in [6, 6.07) is 0. The van der Waals surface area contributed by atoms with E-state index in [-0.39, 0.29) is 0 Å². The van der Waals surface area contributed by atoms with Crippen molar-refractivity contribution in [1.29, 1.82) is 0 Å². The second kappa shape index (κ2) is 12.1. The fourth-order valence-electron chi connectivity index (χ4n) is 1.29. The SMILES string of the molecule is CCCCCCOCCCCC#CC(=O)O. The van der Waals surface area contributed by atoms with Crippen LogP contribution >= 0.6 is 0 Å². The van der Waals surface area contributed by atoms with E-state index in [4.69, 9.17) is 9.84 Å². The highest BCUT2D eigenvalue weighted by atomic mass is 16.5. The highest BCUT2D eigenvalue weighted by Crippen LogP contribution is 2.00. The Hall–Kier alpha value is -1.01. The number of hydrogen-bond acceptors (Lipinski definition) is 2. The topological polar surface area (TPSA) is 46.5 Å². The summed E-state index contributed by atoms with van der Waals surface area (Å²) >= 11 is 0. The van der Waals surface area contributed by atoms with Gasteiger partial charge in [0, 0.05) is 25.6 Å². The van der Waals surface area contributed by atoms with E-state index in [1.54, 1.807) is 0 Å². The number of carboxylic acids is 1. The molecule has 0 radical (unpaired) electrons. The van der Waals surface area contributed by atoms with Gasteiger partial charge in [-0.1, -0.05) is 32.1 Å². The molecule has 16 heavy (non-hydrogen) atoms. The van der Waals surface area contributed by atoms with Crippen LogP contribution in [0.1, 0.15) is 51.9 Å². The molecule has 92 valence electrons. The van der Waals surface area contributed by atoms with Crippen molar-refractivity contribution in [3.8, 4) is 11.8 Å². The summed E-state index contributed by atoms with van der Waals surface area (Å²) in [5, 5.41) is 8.26. The average molecular weight is 226 g/mol. The third kappa shape index (κ3) is 13.0. The maximum Gasteiger partial charge on any atom is 0.381 e. The van der Waals surface area contributed by atoms with Crippen LogP contribution in [0, 0.1) is 11.8 Å². The van der Waals surface area contributed by atoms with Gasteiger partial charge in [-0.2, -0.15) is 0 Å². The molecule has 1 N–H and O–H groups in total. The molecule has 0 amide bonds. The van der Waals surface area contributed by atoms with E-state index in [0.29, 0.717) is 6.42 Å². The molecule has 0 rings (SSSR count). The Morgan fingerprint density at radius 2 is 1.81 bits per heavy atom. The lowest BCUT2D eigenvalue weighted by Gasteiger charge is -2.02. The number of hydrogen-bond donors (Lipinski definition) is 1. The van der Waals surface area contributed by atoms with Gasteiger partial charge in [0.2, 0.25) is 0 Å². The molecule has 0 saturated heterocycles. The van der Waals surface area contributed by atoms with Crippen LogP contribution in [0.15, 0.2) is 0 Å². The van der Waals surface area contributed by atoms with Crippen LogP contribution in [0.5, 0.6) is 0 Å². The normalized spacial score (nSPS) is 9.56. The molecule has 0 bridgehead atoms. The van der Waals surface area contributed by atoms with E-state index in [1.165, 1.54) is 19.3 Å². The first-order valence-electron chi connectivity index (χ1n) is 6.07. The molecule has 0 spiro atoms. The third-order valence-corrected chi connectivity index (χ3v) is 2.18. The highest BCUT2D eigenvalue weighted by Gasteiger charge is 1.90. The first-order chi connectivity index (χ1) is 7.77. The zero-order chi connectivity index (χ0) is 12.1. The molecule has 0 aliphatic heterocycles. The monoisotopic (exact) mass is 226 g/mol. The molecular weight excluding hydrogens is 204 g/mol. The summed E-state index contributed by atoms with van der Waals surface area (Å²) in [6.07, 6.45) is 7.45. The van der Waals surface area contributed by atoms with Crippen LogP contribution in [0.25, 0.3) is 0 Å². The maximum absolute atomic E-state index is 10.1. The Labute approximate surface area is 98.2 Å². The van der Waals surface area contributed by atoms with E-state index in [9.17, 15) is 4.79 Å². The standard InChI is InChI=1S/C13H22O3/c1-2-3-4-8-11-16-12-9-6-5-7-10-13(14)15/h2-6,8-9,11-12H2,1H3,(H,14,15). The molecule has 0 fully saturated rings. The van der Waals surface area contributed by atoms with Crippen molar-refractivity contribution in [2.75, 3.05) is 13.2 Å². The smallest absolute Gasteiger partial charge is 0.381 e. The molecule has 0 unspecified atom stereocenters. The van der Waals surface area contributed by atoms with E-state index in [1.807, 2.05) is 0 Å². The van der Waals surface area contributed by atoms with Crippen molar-refractivity contribution < 1.29 is 14.6 Å². The van der Waals surface area contributed by atoms with Gasteiger partial charge in [0.25, 0.3) is 0 Å². The molecule has 0 aromatic heterocycles. The number of ether oxygens (including phenoxy) is 1. The summed E-state index contributed by atoms with van der Waals surface area (Å²) < 4.78 is 5.44.